The fraction of sp³-hybridized carbons (Fsp3) is 0.0909. The summed E-state index contributed by atoms with van der Waals surface area (Å²) in [5.41, 5.74) is 5.14. The van der Waals surface area contributed by atoms with Gasteiger partial charge in [0.2, 0.25) is 0 Å². The predicted octanol–water partition coefficient (Wildman–Crippen LogP) is 4.48. The van der Waals surface area contributed by atoms with Crippen LogP contribution in [0.4, 0.5) is 5.69 Å². The molecule has 3 rings (SSSR count). The summed E-state index contributed by atoms with van der Waals surface area (Å²) in [7, 11) is 0. The van der Waals surface area contributed by atoms with Crippen LogP contribution in [0.2, 0.25) is 5.02 Å². The van der Waals surface area contributed by atoms with Crippen molar-refractivity contribution in [3.63, 3.8) is 0 Å². The number of amides is 1. The molecule has 1 amide bonds. The molecule has 0 saturated heterocycles. The molecular formula is C22H20ClN3O2. The monoisotopic (exact) mass is 393 g/mol. The number of nitrogens with zero attached hydrogens (tertiary/aromatic N) is 1. The summed E-state index contributed by atoms with van der Waals surface area (Å²) in [6.45, 7) is 0.593. The highest BCUT2D eigenvalue weighted by Gasteiger charge is 2.02. The van der Waals surface area contributed by atoms with Crippen molar-refractivity contribution in [2.24, 2.45) is 5.10 Å². The maximum atomic E-state index is 11.8. The van der Waals surface area contributed by atoms with Gasteiger partial charge in [0, 0.05) is 0 Å². The van der Waals surface area contributed by atoms with Crippen LogP contribution in [0.3, 0.4) is 0 Å². The van der Waals surface area contributed by atoms with Crippen LogP contribution < -0.4 is 15.5 Å². The van der Waals surface area contributed by atoms with Crippen LogP contribution in [0, 0.1) is 0 Å². The SMILES string of the molecule is O=C(CNc1ccccc1Cl)N/N=C\c1ccc(OCc2ccccc2)cc1. The lowest BCUT2D eigenvalue weighted by molar-refractivity contribution is -0.119. The van der Waals surface area contributed by atoms with Gasteiger partial charge in [0.25, 0.3) is 5.91 Å². The molecule has 142 valence electrons. The Morgan fingerprint density at radius 1 is 0.964 bits per heavy atom. The van der Waals surface area contributed by atoms with Crippen LogP contribution in [0.1, 0.15) is 11.1 Å². The average Bonchev–Trinajstić information content (AvgIpc) is 2.73. The number of para-hydroxylation sites is 1. The first kappa shape index (κ1) is 19.5. The van der Waals surface area contributed by atoms with Crippen LogP contribution in [0.15, 0.2) is 84.0 Å². The summed E-state index contributed by atoms with van der Waals surface area (Å²) in [4.78, 5) is 11.8. The Hall–Kier alpha value is -3.31. The summed E-state index contributed by atoms with van der Waals surface area (Å²) in [6, 6.07) is 24.7. The number of hydrazone groups is 1. The third-order valence-corrected chi connectivity index (χ3v) is 4.17. The molecule has 0 aliphatic carbocycles. The van der Waals surface area contributed by atoms with E-state index in [1.807, 2.05) is 66.7 Å². The Morgan fingerprint density at radius 2 is 1.68 bits per heavy atom. The van der Waals surface area contributed by atoms with Crippen molar-refractivity contribution in [3.05, 3.63) is 95.0 Å². The minimum atomic E-state index is -0.265. The van der Waals surface area contributed by atoms with Crippen LogP contribution in [0.25, 0.3) is 0 Å². The van der Waals surface area contributed by atoms with Crippen LogP contribution >= 0.6 is 11.6 Å². The first-order valence-electron chi connectivity index (χ1n) is 8.78. The number of nitrogens with one attached hydrogen (secondary N) is 2. The third kappa shape index (κ3) is 6.14. The van der Waals surface area contributed by atoms with Crippen molar-refractivity contribution in [1.82, 2.24) is 5.43 Å². The smallest absolute Gasteiger partial charge is 0.259 e. The number of carbonyl (C=O) groups excluding carboxylic acids is 1. The summed E-state index contributed by atoms with van der Waals surface area (Å²) < 4.78 is 5.74. The minimum Gasteiger partial charge on any atom is -0.489 e. The Balaban J connectivity index is 1.42. The number of halogens is 1. The van der Waals surface area contributed by atoms with Gasteiger partial charge in [-0.2, -0.15) is 5.10 Å². The van der Waals surface area contributed by atoms with Gasteiger partial charge in [-0.3, -0.25) is 4.79 Å². The van der Waals surface area contributed by atoms with Crippen LogP contribution in [0.5, 0.6) is 5.75 Å². The second-order valence-corrected chi connectivity index (χ2v) is 6.38. The maximum Gasteiger partial charge on any atom is 0.259 e. The Morgan fingerprint density at radius 3 is 2.43 bits per heavy atom. The molecule has 0 fully saturated rings. The zero-order valence-electron chi connectivity index (χ0n) is 15.1. The van der Waals surface area contributed by atoms with E-state index in [4.69, 9.17) is 16.3 Å². The fourth-order valence-electron chi connectivity index (χ4n) is 2.39. The number of hydrogen-bond acceptors (Lipinski definition) is 4. The molecular weight excluding hydrogens is 374 g/mol. The molecule has 0 aliphatic rings. The van der Waals surface area contributed by atoms with Gasteiger partial charge in [-0.1, -0.05) is 54.1 Å². The molecule has 0 aromatic heterocycles. The molecule has 0 radical (unpaired) electrons. The third-order valence-electron chi connectivity index (χ3n) is 3.84. The van der Waals surface area contributed by atoms with Crippen molar-refractivity contribution in [1.29, 1.82) is 0 Å². The molecule has 0 heterocycles. The number of benzene rings is 3. The molecule has 28 heavy (non-hydrogen) atoms. The molecule has 2 N–H and O–H groups in total. The van der Waals surface area contributed by atoms with E-state index in [1.165, 1.54) is 0 Å². The summed E-state index contributed by atoms with van der Waals surface area (Å²) in [5, 5.41) is 7.49. The molecule has 5 nitrogen and oxygen atoms in total. The Labute approximate surface area is 169 Å². The highest BCUT2D eigenvalue weighted by Crippen LogP contribution is 2.19. The lowest BCUT2D eigenvalue weighted by Crippen LogP contribution is -2.25. The summed E-state index contributed by atoms with van der Waals surface area (Å²) >= 11 is 6.03. The predicted molar refractivity (Wildman–Crippen MR) is 113 cm³/mol. The maximum absolute atomic E-state index is 11.8. The quantitative estimate of drug-likeness (QED) is 0.438. The highest BCUT2D eigenvalue weighted by atomic mass is 35.5. The molecule has 3 aromatic carbocycles. The molecule has 6 heteroatoms. The van der Waals surface area contributed by atoms with E-state index in [2.05, 4.69) is 15.8 Å². The van der Waals surface area contributed by atoms with Crippen LogP contribution in [-0.2, 0) is 11.4 Å². The van der Waals surface area contributed by atoms with Gasteiger partial charge in [0.1, 0.15) is 12.4 Å². The number of carbonyl (C=O) groups is 1. The molecule has 0 aliphatic heterocycles. The van der Waals surface area contributed by atoms with Gasteiger partial charge in [-0.05, 0) is 47.5 Å². The zero-order chi connectivity index (χ0) is 19.6. The van der Waals surface area contributed by atoms with Crippen molar-refractivity contribution in [2.45, 2.75) is 6.61 Å². The van der Waals surface area contributed by atoms with Gasteiger partial charge in [-0.15, -0.1) is 0 Å². The van der Waals surface area contributed by atoms with Crippen molar-refractivity contribution < 1.29 is 9.53 Å². The Bertz CT molecular complexity index is 928. The Kier molecular flexibility index (Phi) is 7.04. The number of hydrogen-bond donors (Lipinski definition) is 2. The van der Waals surface area contributed by atoms with E-state index in [0.29, 0.717) is 17.3 Å². The van der Waals surface area contributed by atoms with Crippen LogP contribution in [-0.4, -0.2) is 18.7 Å². The lowest BCUT2D eigenvalue weighted by atomic mass is 10.2. The van der Waals surface area contributed by atoms with Gasteiger partial charge in [-0.25, -0.2) is 5.43 Å². The number of anilines is 1. The highest BCUT2D eigenvalue weighted by molar-refractivity contribution is 6.33. The van der Waals surface area contributed by atoms with Gasteiger partial charge < -0.3 is 10.1 Å². The van der Waals surface area contributed by atoms with Gasteiger partial charge in [0.15, 0.2) is 0 Å². The average molecular weight is 394 g/mol. The second-order valence-electron chi connectivity index (χ2n) is 5.97. The van der Waals surface area contributed by atoms with E-state index >= 15 is 0 Å². The molecule has 0 atom stereocenters. The number of ether oxygens (including phenoxy) is 1. The first-order valence-corrected chi connectivity index (χ1v) is 9.15. The van der Waals surface area contributed by atoms with E-state index < -0.39 is 0 Å². The summed E-state index contributed by atoms with van der Waals surface area (Å²) in [6.07, 6.45) is 1.58. The van der Waals surface area contributed by atoms with Crippen molar-refractivity contribution >= 4 is 29.4 Å². The molecule has 0 spiro atoms. The second kappa shape index (κ2) is 10.1. The van der Waals surface area contributed by atoms with Gasteiger partial charge in [0.05, 0.1) is 23.5 Å². The summed E-state index contributed by atoms with van der Waals surface area (Å²) in [5.74, 6) is 0.507. The standard InChI is InChI=1S/C22H20ClN3O2/c23-20-8-4-5-9-21(20)24-15-22(27)26-25-14-17-10-12-19(13-11-17)28-16-18-6-2-1-3-7-18/h1-14,24H,15-16H2,(H,26,27)/b25-14-. The normalized spacial score (nSPS) is 10.6. The molecule has 3 aromatic rings. The minimum absolute atomic E-state index is 0.0767. The number of rotatable bonds is 8. The van der Waals surface area contributed by atoms with Crippen molar-refractivity contribution in [3.8, 4) is 5.75 Å². The fourth-order valence-corrected chi connectivity index (χ4v) is 2.59. The largest absolute Gasteiger partial charge is 0.489 e. The first-order chi connectivity index (χ1) is 13.7. The van der Waals surface area contributed by atoms with E-state index in [0.717, 1.165) is 16.9 Å². The van der Waals surface area contributed by atoms with E-state index in [-0.39, 0.29) is 12.5 Å². The molecule has 0 bridgehead atoms. The van der Waals surface area contributed by atoms with E-state index in [1.54, 1.807) is 18.3 Å². The van der Waals surface area contributed by atoms with Crippen molar-refractivity contribution in [2.75, 3.05) is 11.9 Å². The molecule has 0 unspecified atom stereocenters. The molecule has 0 saturated carbocycles. The zero-order valence-corrected chi connectivity index (χ0v) is 15.9. The topological polar surface area (TPSA) is 62.7 Å². The lowest BCUT2D eigenvalue weighted by Gasteiger charge is -2.07. The van der Waals surface area contributed by atoms with E-state index in [9.17, 15) is 4.79 Å². The van der Waals surface area contributed by atoms with Gasteiger partial charge >= 0.3 is 0 Å².